The number of hydrogen-bond acceptors (Lipinski definition) is 0. The molecule has 8 heteroatoms. The Bertz CT molecular complexity index is 10.4. The fourth-order valence-corrected chi connectivity index (χ4v) is 0. The molecular weight excluding hydrogens is 448 g/mol. The first-order valence-corrected chi connectivity index (χ1v) is 0. The Morgan fingerprint density at radius 1 is 0.375 bits per heavy atom. The van der Waals surface area contributed by atoms with Gasteiger partial charge in [-0.15, -0.1) is 0 Å². The van der Waals surface area contributed by atoms with Crippen LogP contribution in [-0.4, -0.2) is 0 Å². The summed E-state index contributed by atoms with van der Waals surface area (Å²) in [6.45, 7) is 0. The first kappa shape index (κ1) is 70.9. The molecule has 0 aliphatic carbocycles. The van der Waals surface area contributed by atoms with Crippen molar-refractivity contribution in [3.8, 4) is 0 Å². The third-order valence-corrected chi connectivity index (χ3v) is 0. The molecule has 0 bridgehead atoms. The van der Waals surface area contributed by atoms with Crippen LogP contribution < -0.4 is 165 Å². The fourth-order valence-electron chi connectivity index (χ4n) is 0. The molecule has 0 nitrogen and oxygen atoms in total. The predicted molar refractivity (Wildman–Crippen MR) is 0 cm³/mol. The minimum atomic E-state index is 0. The van der Waals surface area contributed by atoms with Gasteiger partial charge in [-0.25, -0.2) is 0 Å². The van der Waals surface area contributed by atoms with Gasteiger partial charge in [0.2, 0.25) is 0 Å². The summed E-state index contributed by atoms with van der Waals surface area (Å²) in [5.41, 5.74) is 0. The molecule has 0 atom stereocenters. The zero-order chi connectivity index (χ0) is 0. The predicted octanol–water partition coefficient (Wildman–Crippen LogP) is -21.0. The molecule has 0 aromatic heterocycles. The zero-order valence-electron chi connectivity index (χ0n) is 4.22. The molecule has 0 saturated carbocycles. The molecule has 0 radical (unpaired) electrons. The van der Waals surface area contributed by atoms with Crippen LogP contribution in [0, 0.1) is 0 Å². The molecule has 0 saturated heterocycles. The van der Waals surface area contributed by atoms with E-state index in [-0.39, 0.29) is 185 Å². The molecule has 0 aromatic carbocycles. The molecule has 0 unspecified atom stereocenters. The summed E-state index contributed by atoms with van der Waals surface area (Å²) < 4.78 is 0. The van der Waals surface area contributed by atoms with E-state index in [1.165, 1.54) is 0 Å². The molecule has 0 heterocycles. The summed E-state index contributed by atoms with van der Waals surface area (Å²) in [6.07, 6.45) is 0. The summed E-state index contributed by atoms with van der Waals surface area (Å²) in [6, 6.07) is 0. The van der Waals surface area contributed by atoms with Crippen molar-refractivity contribution in [1.82, 2.24) is 0 Å². The summed E-state index contributed by atoms with van der Waals surface area (Å²) in [7, 11) is 0. The molecule has 0 aromatic rings. The third kappa shape index (κ3) is 42.4. The van der Waals surface area contributed by atoms with E-state index in [1.54, 1.807) is 0 Å². The van der Waals surface area contributed by atoms with Crippen molar-refractivity contribution in [1.29, 1.82) is 0 Å². The monoisotopic (exact) mass is 446 g/mol. The van der Waals surface area contributed by atoms with Crippen LogP contribution in [0.15, 0.2) is 0 Å². The third-order valence-electron chi connectivity index (χ3n) is 0. The van der Waals surface area contributed by atoms with Gasteiger partial charge in [-0.05, 0) is 0 Å². The van der Waals surface area contributed by atoms with Crippen LogP contribution >= 0.6 is 0 Å². The van der Waals surface area contributed by atoms with Gasteiger partial charge in [0, 0.05) is 0 Å². The molecule has 8 heavy (non-hydrogen) atoms. The number of halogens is 5. The van der Waals surface area contributed by atoms with Gasteiger partial charge in [-0.1, -0.05) is 0 Å². The van der Waals surface area contributed by atoms with Gasteiger partial charge in [0.05, 0.1) is 0 Å². The molecule has 0 N–H and O–H groups in total. The van der Waals surface area contributed by atoms with Gasteiger partial charge in [0.1, 0.15) is 0 Å². The Kier molecular flexibility index (Phi) is 492. The molecule has 0 aliphatic heterocycles. The van der Waals surface area contributed by atoms with Gasteiger partial charge >= 0.3 is 123 Å². The van der Waals surface area contributed by atoms with E-state index in [0.29, 0.717) is 0 Å². The van der Waals surface area contributed by atoms with Crippen LogP contribution in [0.3, 0.4) is 0 Å². The van der Waals surface area contributed by atoms with Gasteiger partial charge < -0.3 is 62.0 Å². The first-order valence-electron chi connectivity index (χ1n) is 0. The Hall–Kier alpha value is 5.37. The van der Waals surface area contributed by atoms with Crippen LogP contribution in [0.5, 0.6) is 0 Å². The Labute approximate surface area is 179 Å². The topological polar surface area (TPSA) is 0 Å². The smallest absolute Gasteiger partial charge is 1.00 e. The van der Waals surface area contributed by atoms with Crippen molar-refractivity contribution >= 4 is 0 Å². The van der Waals surface area contributed by atoms with Crippen molar-refractivity contribution in [3.05, 3.63) is 0 Å². The van der Waals surface area contributed by atoms with E-state index >= 15 is 0 Å². The molecular formula is Cl5IrK2. The van der Waals surface area contributed by atoms with E-state index in [2.05, 4.69) is 0 Å². The second-order valence-corrected chi connectivity index (χ2v) is 0. The molecule has 0 spiro atoms. The minimum absolute atomic E-state index is 0. The SMILES string of the molecule is [Cl-].[Cl-].[Cl-].[Cl-].[Cl-].[Ir+3].[K+].[K+]. The van der Waals surface area contributed by atoms with Crippen LogP contribution in [0.25, 0.3) is 0 Å². The van der Waals surface area contributed by atoms with E-state index in [4.69, 9.17) is 0 Å². The van der Waals surface area contributed by atoms with Crippen LogP contribution in [-0.2, 0) is 20.1 Å². The van der Waals surface area contributed by atoms with Crippen molar-refractivity contribution in [2.75, 3.05) is 0 Å². The summed E-state index contributed by atoms with van der Waals surface area (Å²) >= 11 is 0. The van der Waals surface area contributed by atoms with Crippen LogP contribution in [0.4, 0.5) is 0 Å². The first-order chi connectivity index (χ1) is 0. The average Bonchev–Trinajstić information content (AvgIpc) is 0. The largest absolute Gasteiger partial charge is 3.00 e. The Morgan fingerprint density at radius 2 is 0.375 bits per heavy atom. The Balaban J connectivity index is 0. The van der Waals surface area contributed by atoms with Gasteiger partial charge in [0.25, 0.3) is 0 Å². The second kappa shape index (κ2) is 55.4. The van der Waals surface area contributed by atoms with Crippen molar-refractivity contribution in [3.63, 3.8) is 0 Å². The van der Waals surface area contributed by atoms with E-state index in [0.717, 1.165) is 0 Å². The Morgan fingerprint density at radius 3 is 0.375 bits per heavy atom. The fraction of sp³-hybridized carbons (Fsp3) is 0. The van der Waals surface area contributed by atoms with Crippen LogP contribution in [0.2, 0.25) is 0 Å². The number of hydrogen-bond donors (Lipinski definition) is 0. The van der Waals surface area contributed by atoms with E-state index in [1.807, 2.05) is 0 Å². The molecule has 0 aliphatic rings. The van der Waals surface area contributed by atoms with Crippen molar-refractivity contribution < 1.29 is 185 Å². The van der Waals surface area contributed by atoms with Gasteiger partial charge in [-0.3, -0.25) is 0 Å². The molecule has 0 fully saturated rings. The second-order valence-electron chi connectivity index (χ2n) is 0. The maximum atomic E-state index is 0. The van der Waals surface area contributed by atoms with Gasteiger partial charge in [0.15, 0.2) is 0 Å². The minimum Gasteiger partial charge on any atom is -1.00 e. The summed E-state index contributed by atoms with van der Waals surface area (Å²) in [5.74, 6) is 0. The van der Waals surface area contributed by atoms with E-state index < -0.39 is 0 Å². The van der Waals surface area contributed by atoms with Crippen LogP contribution in [0.1, 0.15) is 0 Å². The zero-order valence-corrected chi connectivity index (χ0v) is 16.6. The maximum absolute atomic E-state index is 0. The number of rotatable bonds is 0. The van der Waals surface area contributed by atoms with Crippen molar-refractivity contribution in [2.24, 2.45) is 0 Å². The normalized spacial score (nSPS) is 0. The molecule has 0 rings (SSSR count). The maximum Gasteiger partial charge on any atom is 3.00 e. The quantitative estimate of drug-likeness (QED) is 0.324. The molecule has 46 valence electrons. The summed E-state index contributed by atoms with van der Waals surface area (Å²) in [5, 5.41) is 0. The average molecular weight is 448 g/mol. The van der Waals surface area contributed by atoms with Gasteiger partial charge in [-0.2, -0.15) is 0 Å². The standard InChI is InChI=1S/5ClH.Ir.2K/h5*1H;;;/q;;;;;+3;2*+1/p-5. The van der Waals surface area contributed by atoms with E-state index in [9.17, 15) is 0 Å². The molecule has 0 amide bonds. The summed E-state index contributed by atoms with van der Waals surface area (Å²) in [4.78, 5) is 0. The van der Waals surface area contributed by atoms with Crippen molar-refractivity contribution in [2.45, 2.75) is 0 Å².